The fourth-order valence-corrected chi connectivity index (χ4v) is 7.02. The molecule has 3 unspecified atom stereocenters. The molecule has 1 aromatic carbocycles. The first-order valence-electron chi connectivity index (χ1n) is 17.2. The molecule has 3 fully saturated rings. The third kappa shape index (κ3) is 8.93. The van der Waals surface area contributed by atoms with Crippen LogP contribution in [0.15, 0.2) is 30.4 Å². The van der Waals surface area contributed by atoms with E-state index in [2.05, 4.69) is 23.8 Å². The Hall–Kier alpha value is -3.51. The van der Waals surface area contributed by atoms with E-state index in [1.165, 1.54) is 17.7 Å². The number of rotatable bonds is 17. The average molecular weight is 682 g/mol. The van der Waals surface area contributed by atoms with Crippen molar-refractivity contribution in [3.05, 3.63) is 35.9 Å². The summed E-state index contributed by atoms with van der Waals surface area (Å²) in [6, 6.07) is 3.96. The van der Waals surface area contributed by atoms with E-state index in [0.717, 1.165) is 43.1 Å². The molecule has 1 saturated heterocycles. The number of benzene rings is 1. The van der Waals surface area contributed by atoms with Crippen molar-refractivity contribution >= 4 is 40.6 Å². The molecule has 2 saturated carbocycles. The van der Waals surface area contributed by atoms with Crippen molar-refractivity contribution in [2.45, 2.75) is 115 Å². The number of fused-ring (bicyclic) bond motifs is 1. The summed E-state index contributed by atoms with van der Waals surface area (Å²) < 4.78 is 21.1. The summed E-state index contributed by atoms with van der Waals surface area (Å²) in [5, 5.41) is 0.774. The van der Waals surface area contributed by atoms with Gasteiger partial charge in [-0.2, -0.15) is 0 Å². The van der Waals surface area contributed by atoms with Crippen molar-refractivity contribution in [2.24, 2.45) is 23.3 Å². The van der Waals surface area contributed by atoms with Gasteiger partial charge in [0.1, 0.15) is 23.6 Å². The first kappa shape index (κ1) is 35.8. The Bertz CT molecular complexity index is 1530. The largest absolute Gasteiger partial charge is 0.496 e. The molecule has 5 atom stereocenters. The number of aromatic nitrogens is 1. The van der Waals surface area contributed by atoms with Gasteiger partial charge >= 0.3 is 0 Å². The van der Waals surface area contributed by atoms with Gasteiger partial charge in [-0.1, -0.05) is 25.0 Å². The predicted molar refractivity (Wildman–Crippen MR) is 188 cm³/mol. The van der Waals surface area contributed by atoms with Gasteiger partial charge in [0.15, 0.2) is 0 Å². The molecule has 3 amide bonds. The number of nitrogens with zero attached hydrogens (tertiary/aromatic N) is 2. The first-order chi connectivity index (χ1) is 22.9. The molecule has 0 radical (unpaired) electrons. The van der Waals surface area contributed by atoms with E-state index in [1.54, 1.807) is 25.1 Å². The second-order valence-corrected chi connectivity index (χ2v) is 15.4. The zero-order chi connectivity index (χ0) is 34.6. The number of pyridine rings is 1. The van der Waals surface area contributed by atoms with E-state index in [1.807, 2.05) is 32.9 Å². The van der Waals surface area contributed by atoms with Gasteiger partial charge < -0.3 is 30.6 Å². The Morgan fingerprint density at radius 1 is 1.17 bits per heavy atom. The van der Waals surface area contributed by atoms with Crippen LogP contribution in [-0.2, 0) is 14.4 Å². The van der Waals surface area contributed by atoms with Gasteiger partial charge in [0, 0.05) is 34.1 Å². The maximum atomic E-state index is 13.4. The maximum absolute atomic E-state index is 13.4. The van der Waals surface area contributed by atoms with Crippen LogP contribution in [0.2, 0.25) is 0 Å². The lowest BCUT2D eigenvalue weighted by Crippen LogP contribution is -2.50. The monoisotopic (exact) mass is 681 g/mol. The van der Waals surface area contributed by atoms with Crippen LogP contribution in [0, 0.1) is 18.8 Å². The highest BCUT2D eigenvalue weighted by atomic mass is 32.2. The van der Waals surface area contributed by atoms with E-state index in [0.29, 0.717) is 35.2 Å². The summed E-state index contributed by atoms with van der Waals surface area (Å²) in [6.45, 7) is 8.15. The molecular formula is C36H51N5O6S. The smallest absolute Gasteiger partial charge is 0.240 e. The van der Waals surface area contributed by atoms with Gasteiger partial charge in [-0.05, 0) is 96.2 Å². The van der Waals surface area contributed by atoms with Gasteiger partial charge in [-0.25, -0.2) is 4.98 Å². The molecule has 12 heteroatoms. The average Bonchev–Trinajstić information content (AvgIpc) is 3.95. The van der Waals surface area contributed by atoms with Crippen LogP contribution >= 0.6 is 11.9 Å². The second-order valence-electron chi connectivity index (χ2n) is 14.0. The number of primary amides is 1. The molecule has 0 spiro atoms. The first-order valence-corrected chi connectivity index (χ1v) is 18.0. The summed E-state index contributed by atoms with van der Waals surface area (Å²) >= 11 is 1.58. The summed E-state index contributed by atoms with van der Waals surface area (Å²) in [5.74, 6) is 1.39. The molecule has 5 rings (SSSR count). The van der Waals surface area contributed by atoms with Gasteiger partial charge in [0.25, 0.3) is 0 Å². The summed E-state index contributed by atoms with van der Waals surface area (Å²) in [5.41, 5.74) is 13.6. The number of carbonyl (C=O) groups excluding carboxylic acids is 3. The molecule has 1 aromatic heterocycles. The van der Waals surface area contributed by atoms with Crippen molar-refractivity contribution in [3.63, 3.8) is 0 Å². The quantitative estimate of drug-likeness (QED) is 0.119. The number of carbonyl (C=O) groups is 3. The molecule has 262 valence electrons. The number of allylic oxidation sites excluding steroid dienone is 2. The molecule has 48 heavy (non-hydrogen) atoms. The normalized spacial score (nSPS) is 23.4. The van der Waals surface area contributed by atoms with Crippen LogP contribution in [-0.4, -0.2) is 70.3 Å². The molecule has 5 N–H and O–H groups in total. The third-order valence-corrected chi connectivity index (χ3v) is 10.7. The van der Waals surface area contributed by atoms with Gasteiger partial charge in [-0.3, -0.25) is 19.1 Å². The lowest BCUT2D eigenvalue weighted by molar-refractivity contribution is -0.138. The highest BCUT2D eigenvalue weighted by Gasteiger charge is 2.44. The van der Waals surface area contributed by atoms with Crippen molar-refractivity contribution in [3.8, 4) is 17.4 Å². The molecule has 2 heterocycles. The number of unbranched alkanes of at least 4 members (excludes halogenated alkanes) is 3. The SMILES string of the molecule is COc1ccc2c(O[C@@H]3CC(C(N)=O)N(C(=O)[C@@H](N)CCCCC/C=C\C4CC4C(=O)NSC4(C)CC4)C3)cc(OC(C)C)nc2c1C. The summed E-state index contributed by atoms with van der Waals surface area (Å²) in [6.07, 6.45) is 11.5. The minimum absolute atomic E-state index is 0.0972. The molecular weight excluding hydrogens is 630 g/mol. The number of likely N-dealkylation sites (tertiary alicyclic amines) is 1. The fraction of sp³-hybridized carbons (Fsp3) is 0.611. The molecule has 1 aliphatic heterocycles. The zero-order valence-corrected chi connectivity index (χ0v) is 29.6. The van der Waals surface area contributed by atoms with Crippen LogP contribution in [0.25, 0.3) is 10.9 Å². The summed E-state index contributed by atoms with van der Waals surface area (Å²) in [7, 11) is 1.61. The van der Waals surface area contributed by atoms with E-state index in [9.17, 15) is 14.4 Å². The highest BCUT2D eigenvalue weighted by molar-refractivity contribution is 7.99. The number of aryl methyl sites for hydroxylation is 1. The van der Waals surface area contributed by atoms with Crippen LogP contribution in [0.5, 0.6) is 17.4 Å². The number of hydrogen-bond acceptors (Lipinski definition) is 9. The summed E-state index contributed by atoms with van der Waals surface area (Å²) in [4.78, 5) is 44.4. The third-order valence-electron chi connectivity index (χ3n) is 9.48. The second kappa shape index (κ2) is 15.4. The molecule has 11 nitrogen and oxygen atoms in total. The molecule has 0 bridgehead atoms. The van der Waals surface area contributed by atoms with Crippen molar-refractivity contribution < 1.29 is 28.6 Å². The van der Waals surface area contributed by atoms with Crippen LogP contribution in [0.1, 0.15) is 84.1 Å². The van der Waals surface area contributed by atoms with Gasteiger partial charge in [0.2, 0.25) is 23.6 Å². The fourth-order valence-electron chi connectivity index (χ4n) is 6.22. The maximum Gasteiger partial charge on any atom is 0.240 e. The number of nitrogens with one attached hydrogen (secondary N) is 1. The van der Waals surface area contributed by atoms with Crippen molar-refractivity contribution in [1.29, 1.82) is 0 Å². The zero-order valence-electron chi connectivity index (χ0n) is 28.8. The minimum Gasteiger partial charge on any atom is -0.496 e. The molecule has 2 aromatic rings. The van der Waals surface area contributed by atoms with E-state index in [-0.39, 0.29) is 41.5 Å². The Morgan fingerprint density at radius 2 is 1.94 bits per heavy atom. The van der Waals surface area contributed by atoms with Crippen LogP contribution in [0.3, 0.4) is 0 Å². The lowest BCUT2D eigenvalue weighted by Gasteiger charge is -2.25. The van der Waals surface area contributed by atoms with Crippen molar-refractivity contribution in [2.75, 3.05) is 13.7 Å². The number of ether oxygens (including phenoxy) is 3. The Morgan fingerprint density at radius 3 is 2.62 bits per heavy atom. The molecule has 3 aliphatic rings. The Labute approximate surface area is 288 Å². The Balaban J connectivity index is 1.10. The van der Waals surface area contributed by atoms with Crippen LogP contribution in [0.4, 0.5) is 0 Å². The molecule has 2 aliphatic carbocycles. The van der Waals surface area contributed by atoms with Gasteiger partial charge in [-0.15, -0.1) is 0 Å². The number of hydrogen-bond donors (Lipinski definition) is 3. The van der Waals surface area contributed by atoms with Gasteiger partial charge in [0.05, 0.1) is 31.3 Å². The van der Waals surface area contributed by atoms with Crippen molar-refractivity contribution in [1.82, 2.24) is 14.6 Å². The van der Waals surface area contributed by atoms with Crippen LogP contribution < -0.4 is 30.4 Å². The Kier molecular flexibility index (Phi) is 11.5. The minimum atomic E-state index is -0.802. The highest BCUT2D eigenvalue weighted by Crippen LogP contribution is 2.47. The van der Waals surface area contributed by atoms with E-state index >= 15 is 0 Å². The van der Waals surface area contributed by atoms with E-state index in [4.69, 9.17) is 30.7 Å². The lowest BCUT2D eigenvalue weighted by atomic mass is 10.1. The van der Waals surface area contributed by atoms with E-state index < -0.39 is 24.1 Å². The number of amides is 3. The number of methoxy groups -OCH3 is 1. The standard InChI is InChI=1S/C36H51N5O6S/c1-21(2)46-31-19-30(25-13-14-29(45-5)22(3)32(25)39-31)47-24-18-28(33(38)42)41(20-24)35(44)27(37)12-10-8-6-7-9-11-23-17-26(23)34(43)40-48-36(4)15-16-36/h9,11,13-14,19,21,23-24,26-28H,6-8,10,12,15-18,20,37H2,1-5H3,(H2,38,42)(H,40,43)/b11-9-/t23?,24-,26?,27+,28?/m1/s1. The topological polar surface area (TPSA) is 159 Å². The predicted octanol–water partition coefficient (Wildman–Crippen LogP) is 4.96. The number of nitrogens with two attached hydrogens (primary N) is 2.